The Morgan fingerprint density at radius 2 is 1.69 bits per heavy atom. The normalized spacial score (nSPS) is 11.8. The minimum absolute atomic E-state index is 0.00600. The van der Waals surface area contributed by atoms with Crippen LogP contribution in [0.4, 0.5) is 11.4 Å². The number of sulfonamides is 1. The van der Waals surface area contributed by atoms with E-state index in [0.717, 1.165) is 9.87 Å². The van der Waals surface area contributed by atoms with Crippen LogP contribution in [0.1, 0.15) is 67.6 Å². The number of unbranched alkanes of at least 4 members (excludes halogenated alkanes) is 1. The van der Waals surface area contributed by atoms with Gasteiger partial charge in [0.1, 0.15) is 12.3 Å². The number of rotatable bonds is 9. The van der Waals surface area contributed by atoms with E-state index >= 15 is 0 Å². The van der Waals surface area contributed by atoms with E-state index in [2.05, 4.69) is 5.32 Å². The summed E-state index contributed by atoms with van der Waals surface area (Å²) in [6.07, 6.45) is 1.12. The van der Waals surface area contributed by atoms with Crippen molar-refractivity contribution in [2.24, 2.45) is 0 Å². The SMILES string of the molecule is CCCCS(=O)(=O)N(CC(=O)Nc1cc(C(=O)N(C)C)ccc1C(C)(C)C)c1ccc(C)c(O)c1C. The molecule has 2 aromatic rings. The average Bonchev–Trinajstić information content (AvgIpc) is 2.78. The summed E-state index contributed by atoms with van der Waals surface area (Å²) in [7, 11) is -0.549. The Labute approximate surface area is 215 Å². The van der Waals surface area contributed by atoms with Gasteiger partial charge in [-0.05, 0) is 55.0 Å². The van der Waals surface area contributed by atoms with Gasteiger partial charge in [-0.1, -0.05) is 46.2 Å². The van der Waals surface area contributed by atoms with Crippen LogP contribution < -0.4 is 9.62 Å². The summed E-state index contributed by atoms with van der Waals surface area (Å²) in [6.45, 7) is 10.8. The summed E-state index contributed by atoms with van der Waals surface area (Å²) >= 11 is 0. The van der Waals surface area contributed by atoms with Crippen molar-refractivity contribution >= 4 is 33.2 Å². The van der Waals surface area contributed by atoms with Crippen LogP contribution in [-0.2, 0) is 20.2 Å². The highest BCUT2D eigenvalue weighted by molar-refractivity contribution is 7.92. The van der Waals surface area contributed by atoms with E-state index in [4.69, 9.17) is 0 Å². The average molecular weight is 518 g/mol. The second kappa shape index (κ2) is 11.3. The fourth-order valence-electron chi connectivity index (χ4n) is 3.88. The number of benzene rings is 2. The van der Waals surface area contributed by atoms with Crippen LogP contribution in [0.3, 0.4) is 0 Å². The highest BCUT2D eigenvalue weighted by atomic mass is 32.2. The van der Waals surface area contributed by atoms with Gasteiger partial charge in [0.15, 0.2) is 0 Å². The van der Waals surface area contributed by atoms with Crippen molar-refractivity contribution in [2.45, 2.75) is 59.8 Å². The predicted octanol–water partition coefficient (Wildman–Crippen LogP) is 4.58. The standard InChI is InChI=1S/C27H39N3O5S/c1-9-10-15-36(34,35)30(23-14-11-18(2)25(32)19(23)3)17-24(31)28-22-16-20(26(33)29(7)8)12-13-21(22)27(4,5)6/h11-14,16,32H,9-10,15,17H2,1-8H3,(H,28,31). The lowest BCUT2D eigenvalue weighted by Crippen LogP contribution is -2.40. The molecule has 0 unspecified atom stereocenters. The Morgan fingerprint density at radius 3 is 2.25 bits per heavy atom. The van der Waals surface area contributed by atoms with Crippen molar-refractivity contribution in [3.8, 4) is 5.75 Å². The number of hydrogen-bond donors (Lipinski definition) is 2. The van der Waals surface area contributed by atoms with Gasteiger partial charge in [-0.3, -0.25) is 13.9 Å². The fraction of sp³-hybridized carbons (Fsp3) is 0.481. The van der Waals surface area contributed by atoms with Gasteiger partial charge in [0.25, 0.3) is 5.91 Å². The number of nitrogens with one attached hydrogen (secondary N) is 1. The summed E-state index contributed by atoms with van der Waals surface area (Å²) < 4.78 is 27.6. The number of aromatic hydroxyl groups is 1. The van der Waals surface area contributed by atoms with Crippen LogP contribution in [0.25, 0.3) is 0 Å². The van der Waals surface area contributed by atoms with Crippen LogP contribution in [0.15, 0.2) is 30.3 Å². The van der Waals surface area contributed by atoms with Gasteiger partial charge < -0.3 is 15.3 Å². The van der Waals surface area contributed by atoms with Crippen molar-refractivity contribution in [1.29, 1.82) is 0 Å². The molecule has 9 heteroatoms. The zero-order valence-electron chi connectivity index (χ0n) is 22.6. The largest absolute Gasteiger partial charge is 0.507 e. The zero-order chi connectivity index (χ0) is 27.4. The number of hydrogen-bond acceptors (Lipinski definition) is 5. The molecular formula is C27H39N3O5S. The minimum Gasteiger partial charge on any atom is -0.507 e. The Morgan fingerprint density at radius 1 is 1.06 bits per heavy atom. The highest BCUT2D eigenvalue weighted by Gasteiger charge is 2.28. The quantitative estimate of drug-likeness (QED) is 0.506. The van der Waals surface area contributed by atoms with E-state index in [-0.39, 0.29) is 28.5 Å². The second-order valence-electron chi connectivity index (χ2n) is 10.3. The molecule has 198 valence electrons. The number of carbonyl (C=O) groups is 2. The maximum atomic E-state index is 13.3. The van der Waals surface area contributed by atoms with Gasteiger partial charge in [-0.25, -0.2) is 8.42 Å². The van der Waals surface area contributed by atoms with E-state index in [1.54, 1.807) is 52.2 Å². The monoisotopic (exact) mass is 517 g/mol. The maximum Gasteiger partial charge on any atom is 0.253 e. The number of anilines is 2. The second-order valence-corrected chi connectivity index (χ2v) is 12.3. The summed E-state index contributed by atoms with van der Waals surface area (Å²) in [6, 6.07) is 8.40. The van der Waals surface area contributed by atoms with Crippen LogP contribution in [0.2, 0.25) is 0 Å². The maximum absolute atomic E-state index is 13.3. The first kappa shape index (κ1) is 29.2. The molecule has 2 amide bonds. The van der Waals surface area contributed by atoms with Crippen LogP contribution in [0.5, 0.6) is 5.75 Å². The smallest absolute Gasteiger partial charge is 0.253 e. The molecule has 0 saturated carbocycles. The first-order chi connectivity index (χ1) is 16.6. The number of phenolic OH excluding ortho intramolecular Hbond substituents is 1. The van der Waals surface area contributed by atoms with E-state index in [0.29, 0.717) is 35.2 Å². The minimum atomic E-state index is -3.85. The Balaban J connectivity index is 2.51. The molecule has 0 bridgehead atoms. The fourth-order valence-corrected chi connectivity index (χ4v) is 5.56. The van der Waals surface area contributed by atoms with Crippen LogP contribution >= 0.6 is 0 Å². The summed E-state index contributed by atoms with van der Waals surface area (Å²) in [5, 5.41) is 13.3. The van der Waals surface area contributed by atoms with E-state index in [1.807, 2.05) is 33.8 Å². The van der Waals surface area contributed by atoms with Crippen molar-refractivity contribution in [1.82, 2.24) is 4.90 Å². The van der Waals surface area contributed by atoms with E-state index in [1.165, 1.54) is 4.90 Å². The van der Waals surface area contributed by atoms with Gasteiger partial charge >= 0.3 is 0 Å². The molecule has 0 fully saturated rings. The van der Waals surface area contributed by atoms with Gasteiger partial charge in [0.2, 0.25) is 15.9 Å². The molecule has 0 aromatic heterocycles. The van der Waals surface area contributed by atoms with Crippen LogP contribution in [0, 0.1) is 13.8 Å². The van der Waals surface area contributed by atoms with Gasteiger partial charge in [-0.15, -0.1) is 0 Å². The topological polar surface area (TPSA) is 107 Å². The molecule has 8 nitrogen and oxygen atoms in total. The number of aryl methyl sites for hydroxylation is 1. The van der Waals surface area contributed by atoms with Gasteiger partial charge in [-0.2, -0.15) is 0 Å². The first-order valence-corrected chi connectivity index (χ1v) is 13.7. The first-order valence-electron chi connectivity index (χ1n) is 12.1. The third-order valence-electron chi connectivity index (χ3n) is 6.01. The zero-order valence-corrected chi connectivity index (χ0v) is 23.4. The predicted molar refractivity (Wildman–Crippen MR) is 145 cm³/mol. The molecule has 0 heterocycles. The van der Waals surface area contributed by atoms with Crippen molar-refractivity contribution < 1.29 is 23.1 Å². The number of amides is 2. The summed E-state index contributed by atoms with van der Waals surface area (Å²) in [4.78, 5) is 27.3. The molecule has 0 aliphatic heterocycles. The van der Waals surface area contributed by atoms with Gasteiger partial charge in [0, 0.05) is 30.9 Å². The van der Waals surface area contributed by atoms with Gasteiger partial charge in [0.05, 0.1) is 11.4 Å². The molecule has 36 heavy (non-hydrogen) atoms. The number of nitrogens with zero attached hydrogens (tertiary/aromatic N) is 2. The lowest BCUT2D eigenvalue weighted by Gasteiger charge is -2.27. The number of carbonyl (C=O) groups excluding carboxylic acids is 2. The highest BCUT2D eigenvalue weighted by Crippen LogP contribution is 2.34. The third-order valence-corrected chi connectivity index (χ3v) is 7.81. The van der Waals surface area contributed by atoms with Crippen molar-refractivity contribution in [3.05, 3.63) is 52.6 Å². The molecule has 0 aliphatic carbocycles. The third kappa shape index (κ3) is 6.78. The number of phenols is 1. The summed E-state index contributed by atoms with van der Waals surface area (Å²) in [5.41, 5.74) is 2.60. The molecule has 0 radical (unpaired) electrons. The molecule has 0 atom stereocenters. The van der Waals surface area contributed by atoms with Crippen LogP contribution in [-0.4, -0.2) is 56.6 Å². The molecule has 0 saturated heterocycles. The molecule has 0 spiro atoms. The molecule has 0 aliphatic rings. The van der Waals surface area contributed by atoms with E-state index < -0.39 is 22.5 Å². The van der Waals surface area contributed by atoms with E-state index in [9.17, 15) is 23.1 Å². The molecular weight excluding hydrogens is 478 g/mol. The Bertz CT molecular complexity index is 1230. The molecule has 2 aromatic carbocycles. The Kier molecular flexibility index (Phi) is 9.18. The molecule has 2 rings (SSSR count). The summed E-state index contributed by atoms with van der Waals surface area (Å²) in [5.74, 6) is -0.881. The lowest BCUT2D eigenvalue weighted by molar-refractivity contribution is -0.114. The van der Waals surface area contributed by atoms with Crippen molar-refractivity contribution in [2.75, 3.05) is 36.0 Å². The Hall–Kier alpha value is -3.07. The lowest BCUT2D eigenvalue weighted by atomic mass is 9.85. The van der Waals surface area contributed by atoms with Crippen molar-refractivity contribution in [3.63, 3.8) is 0 Å². The molecule has 2 N–H and O–H groups in total.